The first-order chi connectivity index (χ1) is 12.3. The predicted octanol–water partition coefficient (Wildman–Crippen LogP) is 3.84. The summed E-state index contributed by atoms with van der Waals surface area (Å²) in [5.74, 6) is -0.697. The van der Waals surface area contributed by atoms with Crippen LogP contribution in [-0.4, -0.2) is 22.1 Å². The smallest absolute Gasteiger partial charge is 0.353 e. The SMILES string of the molecule is CC(c1nc(CC(=O)NC2CCCC2)no1)c1ccccc1C(F)(F)F. The zero-order chi connectivity index (χ0) is 18.7. The van der Waals surface area contributed by atoms with Crippen LogP contribution >= 0.6 is 0 Å². The lowest BCUT2D eigenvalue weighted by molar-refractivity contribution is -0.138. The van der Waals surface area contributed by atoms with Crippen molar-refractivity contribution in [3.63, 3.8) is 0 Å². The highest BCUT2D eigenvalue weighted by Crippen LogP contribution is 2.36. The van der Waals surface area contributed by atoms with E-state index in [1.54, 1.807) is 6.92 Å². The molecule has 5 nitrogen and oxygen atoms in total. The van der Waals surface area contributed by atoms with E-state index in [2.05, 4.69) is 15.5 Å². The highest BCUT2D eigenvalue weighted by molar-refractivity contribution is 5.78. The number of alkyl halides is 3. The normalized spacial score (nSPS) is 16.6. The molecule has 1 atom stereocenters. The second-order valence-electron chi connectivity index (χ2n) is 6.58. The molecule has 1 aromatic heterocycles. The number of amides is 1. The number of nitrogens with zero attached hydrogens (tertiary/aromatic N) is 2. The third kappa shape index (κ3) is 4.23. The third-order valence-corrected chi connectivity index (χ3v) is 4.63. The van der Waals surface area contributed by atoms with E-state index in [9.17, 15) is 18.0 Å². The average molecular weight is 367 g/mol. The molecule has 1 heterocycles. The molecule has 1 aliphatic rings. The van der Waals surface area contributed by atoms with Gasteiger partial charge in [-0.1, -0.05) is 36.2 Å². The molecule has 26 heavy (non-hydrogen) atoms. The van der Waals surface area contributed by atoms with Crippen molar-refractivity contribution in [2.75, 3.05) is 0 Å². The van der Waals surface area contributed by atoms with Crippen LogP contribution in [-0.2, 0) is 17.4 Å². The molecule has 1 amide bonds. The minimum Gasteiger partial charge on any atom is -0.353 e. The topological polar surface area (TPSA) is 68.0 Å². The number of halogens is 3. The van der Waals surface area contributed by atoms with Crippen LogP contribution in [0, 0.1) is 0 Å². The van der Waals surface area contributed by atoms with Crippen LogP contribution in [0.4, 0.5) is 13.2 Å². The molecule has 1 aromatic carbocycles. The fourth-order valence-electron chi connectivity index (χ4n) is 3.27. The van der Waals surface area contributed by atoms with Crippen molar-refractivity contribution in [2.24, 2.45) is 0 Å². The fraction of sp³-hybridized carbons (Fsp3) is 0.500. The van der Waals surface area contributed by atoms with Crippen LogP contribution in [0.25, 0.3) is 0 Å². The predicted molar refractivity (Wildman–Crippen MR) is 87.4 cm³/mol. The Hall–Kier alpha value is -2.38. The van der Waals surface area contributed by atoms with Gasteiger partial charge in [-0.05, 0) is 31.4 Å². The van der Waals surface area contributed by atoms with E-state index in [-0.39, 0.29) is 35.6 Å². The summed E-state index contributed by atoms with van der Waals surface area (Å²) in [5, 5.41) is 6.66. The van der Waals surface area contributed by atoms with Gasteiger partial charge in [0.05, 0.1) is 17.9 Å². The van der Waals surface area contributed by atoms with Gasteiger partial charge in [0, 0.05) is 6.04 Å². The molecule has 1 saturated carbocycles. The summed E-state index contributed by atoms with van der Waals surface area (Å²) in [5.41, 5.74) is -0.670. The van der Waals surface area contributed by atoms with Crippen molar-refractivity contribution >= 4 is 5.91 Å². The van der Waals surface area contributed by atoms with Crippen molar-refractivity contribution in [1.29, 1.82) is 0 Å². The number of aromatic nitrogens is 2. The standard InChI is InChI=1S/C18H20F3N3O2/c1-11(13-8-4-5-9-14(13)18(19,20)21)17-23-15(24-26-17)10-16(25)22-12-6-2-3-7-12/h4-5,8-9,11-12H,2-3,6-7,10H2,1H3,(H,22,25). The molecule has 0 radical (unpaired) electrons. The van der Waals surface area contributed by atoms with Crippen molar-refractivity contribution < 1.29 is 22.5 Å². The van der Waals surface area contributed by atoms with Crippen LogP contribution in [0.2, 0.25) is 0 Å². The molecule has 1 fully saturated rings. The minimum atomic E-state index is -4.46. The van der Waals surface area contributed by atoms with Gasteiger partial charge in [-0.15, -0.1) is 0 Å². The van der Waals surface area contributed by atoms with Crippen LogP contribution in [0.1, 0.15) is 61.4 Å². The van der Waals surface area contributed by atoms with Crippen molar-refractivity contribution in [3.8, 4) is 0 Å². The largest absolute Gasteiger partial charge is 0.416 e. The van der Waals surface area contributed by atoms with E-state index < -0.39 is 17.7 Å². The molecule has 0 spiro atoms. The van der Waals surface area contributed by atoms with Crippen LogP contribution in [0.15, 0.2) is 28.8 Å². The van der Waals surface area contributed by atoms with E-state index >= 15 is 0 Å². The molecule has 1 N–H and O–H groups in total. The highest BCUT2D eigenvalue weighted by Gasteiger charge is 2.35. The van der Waals surface area contributed by atoms with Crippen molar-refractivity contribution in [1.82, 2.24) is 15.5 Å². The van der Waals surface area contributed by atoms with Crippen LogP contribution in [0.5, 0.6) is 0 Å². The number of hydrogen-bond acceptors (Lipinski definition) is 4. The Kier molecular flexibility index (Phi) is 5.29. The Labute approximate surface area is 149 Å². The van der Waals surface area contributed by atoms with Crippen LogP contribution in [0.3, 0.4) is 0 Å². The molecule has 1 aliphatic carbocycles. The fourth-order valence-corrected chi connectivity index (χ4v) is 3.27. The van der Waals surface area contributed by atoms with Gasteiger partial charge in [-0.25, -0.2) is 0 Å². The van der Waals surface area contributed by atoms with E-state index in [4.69, 9.17) is 4.52 Å². The third-order valence-electron chi connectivity index (χ3n) is 4.63. The quantitative estimate of drug-likeness (QED) is 0.872. The summed E-state index contributed by atoms with van der Waals surface area (Å²) >= 11 is 0. The first-order valence-corrected chi connectivity index (χ1v) is 8.62. The summed E-state index contributed by atoms with van der Waals surface area (Å²) in [6, 6.07) is 5.48. The molecule has 8 heteroatoms. The molecular weight excluding hydrogens is 347 g/mol. The van der Waals surface area contributed by atoms with Gasteiger partial charge < -0.3 is 9.84 Å². The summed E-state index contributed by atoms with van der Waals surface area (Å²) in [6.07, 6.45) is -0.369. The zero-order valence-corrected chi connectivity index (χ0v) is 14.3. The molecular formula is C18H20F3N3O2. The summed E-state index contributed by atoms with van der Waals surface area (Å²) < 4.78 is 44.6. The number of rotatable bonds is 5. The maximum Gasteiger partial charge on any atom is 0.416 e. The number of carbonyl (C=O) groups is 1. The lowest BCUT2D eigenvalue weighted by atomic mass is 9.95. The Bertz CT molecular complexity index is 767. The summed E-state index contributed by atoms with van der Waals surface area (Å²) in [7, 11) is 0. The van der Waals surface area contributed by atoms with Gasteiger partial charge in [0.25, 0.3) is 0 Å². The summed E-state index contributed by atoms with van der Waals surface area (Å²) in [4.78, 5) is 16.1. The lowest BCUT2D eigenvalue weighted by Crippen LogP contribution is -2.33. The van der Waals surface area contributed by atoms with E-state index in [0.29, 0.717) is 0 Å². The Morgan fingerprint density at radius 2 is 2.00 bits per heavy atom. The Morgan fingerprint density at radius 3 is 2.69 bits per heavy atom. The molecule has 2 aromatic rings. The monoisotopic (exact) mass is 367 g/mol. The van der Waals surface area contributed by atoms with Gasteiger partial charge in [-0.2, -0.15) is 18.2 Å². The number of benzene rings is 1. The Morgan fingerprint density at radius 1 is 1.31 bits per heavy atom. The lowest BCUT2D eigenvalue weighted by Gasteiger charge is -2.15. The van der Waals surface area contributed by atoms with Crippen LogP contribution < -0.4 is 5.32 Å². The summed E-state index contributed by atoms with van der Waals surface area (Å²) in [6.45, 7) is 1.57. The van der Waals surface area contributed by atoms with E-state index in [1.165, 1.54) is 18.2 Å². The highest BCUT2D eigenvalue weighted by atomic mass is 19.4. The number of nitrogens with one attached hydrogen (secondary N) is 1. The van der Waals surface area contributed by atoms with Gasteiger partial charge in [-0.3, -0.25) is 4.79 Å². The van der Waals surface area contributed by atoms with Gasteiger partial charge in [0.2, 0.25) is 11.8 Å². The molecule has 0 aliphatic heterocycles. The number of carbonyl (C=O) groups excluding carboxylic acids is 1. The van der Waals surface area contributed by atoms with E-state index in [0.717, 1.165) is 31.7 Å². The second kappa shape index (κ2) is 7.47. The maximum atomic E-state index is 13.2. The average Bonchev–Trinajstić information content (AvgIpc) is 3.25. The number of hydrogen-bond donors (Lipinski definition) is 1. The van der Waals surface area contributed by atoms with Gasteiger partial charge in [0.1, 0.15) is 0 Å². The molecule has 140 valence electrons. The van der Waals surface area contributed by atoms with Gasteiger partial charge in [0.15, 0.2) is 5.82 Å². The minimum absolute atomic E-state index is 0.0480. The van der Waals surface area contributed by atoms with Crippen molar-refractivity contribution in [3.05, 3.63) is 47.1 Å². The van der Waals surface area contributed by atoms with E-state index in [1.807, 2.05) is 0 Å². The first kappa shape index (κ1) is 18.4. The van der Waals surface area contributed by atoms with Crippen molar-refractivity contribution in [2.45, 2.75) is 57.2 Å². The maximum absolute atomic E-state index is 13.2. The molecule has 0 bridgehead atoms. The zero-order valence-electron chi connectivity index (χ0n) is 14.3. The second-order valence-corrected chi connectivity index (χ2v) is 6.58. The Balaban J connectivity index is 1.70. The molecule has 0 saturated heterocycles. The van der Waals surface area contributed by atoms with Gasteiger partial charge >= 0.3 is 6.18 Å². The molecule has 1 unspecified atom stereocenters. The first-order valence-electron chi connectivity index (χ1n) is 8.62. The molecule has 3 rings (SSSR count).